The number of hydrogen-bond donors (Lipinski definition) is 1. The maximum atomic E-state index is 13.4. The van der Waals surface area contributed by atoms with Crippen molar-refractivity contribution in [1.82, 2.24) is 5.32 Å². The molecule has 0 saturated carbocycles. The summed E-state index contributed by atoms with van der Waals surface area (Å²) in [6.45, 7) is 3.69. The third-order valence-corrected chi connectivity index (χ3v) is 7.66. The Hall–Kier alpha value is -5.03. The van der Waals surface area contributed by atoms with Gasteiger partial charge in [0.05, 0.1) is 45.1 Å². The van der Waals surface area contributed by atoms with Crippen LogP contribution >= 0.6 is 15.9 Å². The molecule has 46 heavy (non-hydrogen) atoms. The fourth-order valence-corrected chi connectivity index (χ4v) is 4.92. The highest BCUT2D eigenvalue weighted by Crippen LogP contribution is 2.44. The Morgan fingerprint density at radius 2 is 1.35 bits per heavy atom. The molecule has 0 saturated heterocycles. The molecule has 0 bridgehead atoms. The molecule has 1 amide bonds. The van der Waals surface area contributed by atoms with E-state index in [0.717, 1.165) is 15.6 Å². The molecule has 0 aliphatic heterocycles. The van der Waals surface area contributed by atoms with Crippen LogP contribution in [0.3, 0.4) is 0 Å². The lowest BCUT2D eigenvalue weighted by atomic mass is 9.93. The van der Waals surface area contributed by atoms with Gasteiger partial charge in [0, 0.05) is 11.5 Å². The average molecular weight is 694 g/mol. The van der Waals surface area contributed by atoms with E-state index in [0.29, 0.717) is 51.2 Å². The monoisotopic (exact) mass is 692 g/mol. The van der Waals surface area contributed by atoms with Crippen LogP contribution in [0.15, 0.2) is 82.4 Å². The number of amides is 1. The molecule has 0 aliphatic carbocycles. The van der Waals surface area contributed by atoms with Crippen LogP contribution in [-0.2, 0) is 9.63 Å². The Balaban J connectivity index is 0.000000254. The molecular formula is C35H37BrN2O8. The maximum Gasteiger partial charge on any atom is 0.273 e. The fourth-order valence-electron chi connectivity index (χ4n) is 4.59. The van der Waals surface area contributed by atoms with Gasteiger partial charge in [-0.2, -0.15) is 0 Å². The fraction of sp³-hybridized carbons (Fsp3) is 0.229. The number of methoxy groups -OCH3 is 4. The molecule has 4 aromatic carbocycles. The van der Waals surface area contributed by atoms with Crippen molar-refractivity contribution in [2.45, 2.75) is 13.8 Å². The molecule has 10 nitrogen and oxygen atoms in total. The van der Waals surface area contributed by atoms with E-state index >= 15 is 0 Å². The summed E-state index contributed by atoms with van der Waals surface area (Å²) in [7, 11) is 9.02. The molecule has 0 aliphatic rings. The largest absolute Gasteiger partial charge is 0.496 e. The van der Waals surface area contributed by atoms with Crippen molar-refractivity contribution < 1.29 is 38.1 Å². The van der Waals surface area contributed by atoms with Crippen LogP contribution in [0.2, 0.25) is 0 Å². The average Bonchev–Trinajstić information content (AvgIpc) is 3.08. The molecule has 4 aromatic rings. The molecule has 0 radical (unpaired) electrons. The van der Waals surface area contributed by atoms with Crippen LogP contribution < -0.4 is 29.0 Å². The second-order valence-corrected chi connectivity index (χ2v) is 10.4. The van der Waals surface area contributed by atoms with Crippen molar-refractivity contribution >= 4 is 33.3 Å². The van der Waals surface area contributed by atoms with Crippen LogP contribution in [0.25, 0.3) is 0 Å². The number of nitrogens with zero attached hydrogens (tertiary/aromatic N) is 1. The summed E-state index contributed by atoms with van der Waals surface area (Å²) in [5.41, 5.74) is 3.13. The molecule has 4 rings (SSSR count). The second-order valence-electron chi connectivity index (χ2n) is 9.53. The first-order chi connectivity index (χ1) is 22.2. The number of halogens is 1. The van der Waals surface area contributed by atoms with Crippen molar-refractivity contribution in [3.8, 4) is 34.5 Å². The van der Waals surface area contributed by atoms with Gasteiger partial charge in [-0.15, -0.1) is 0 Å². The smallest absolute Gasteiger partial charge is 0.273 e. The second kappa shape index (κ2) is 16.9. The van der Waals surface area contributed by atoms with Gasteiger partial charge in [-0.3, -0.25) is 9.59 Å². The molecule has 0 aromatic heterocycles. The van der Waals surface area contributed by atoms with E-state index in [1.807, 2.05) is 56.3 Å². The molecular weight excluding hydrogens is 656 g/mol. The van der Waals surface area contributed by atoms with Gasteiger partial charge in [-0.05, 0) is 67.4 Å². The summed E-state index contributed by atoms with van der Waals surface area (Å²) >= 11 is 3.47. The molecule has 0 heterocycles. The summed E-state index contributed by atoms with van der Waals surface area (Å²) < 4.78 is 28.3. The van der Waals surface area contributed by atoms with E-state index in [1.54, 1.807) is 37.4 Å². The number of oxime groups is 1. The van der Waals surface area contributed by atoms with E-state index in [2.05, 4.69) is 26.4 Å². The Bertz CT molecular complexity index is 1710. The number of ketones is 1. The quantitative estimate of drug-likeness (QED) is 0.103. The number of rotatable bonds is 11. The summed E-state index contributed by atoms with van der Waals surface area (Å²) in [6, 6.07) is 21.9. The van der Waals surface area contributed by atoms with Gasteiger partial charge in [-0.1, -0.05) is 51.4 Å². The first-order valence-electron chi connectivity index (χ1n) is 14.0. The lowest BCUT2D eigenvalue weighted by Gasteiger charge is -2.19. The number of aryl methyl sites for hydroxylation is 1. The van der Waals surface area contributed by atoms with E-state index in [1.165, 1.54) is 35.5 Å². The Labute approximate surface area is 277 Å². The molecule has 0 unspecified atom stereocenters. The molecule has 242 valence electrons. The van der Waals surface area contributed by atoms with Crippen LogP contribution in [0.5, 0.6) is 34.5 Å². The number of nitrogens with one attached hydrogen (secondary N) is 1. The van der Waals surface area contributed by atoms with Gasteiger partial charge in [0.25, 0.3) is 5.91 Å². The van der Waals surface area contributed by atoms with Gasteiger partial charge in [-0.25, -0.2) is 0 Å². The first kappa shape index (κ1) is 35.4. The summed E-state index contributed by atoms with van der Waals surface area (Å²) in [5.74, 6) is 2.39. The zero-order chi connectivity index (χ0) is 33.8. The SMILES string of the molecule is CNC(=O)/C(=N/OC)c1ccccc1Oc1ccccc1.COc1cc(C)c(C(=O)c2c(OC)ccc(Br)c2C)c(OC)c1OC. The predicted octanol–water partition coefficient (Wildman–Crippen LogP) is 6.91. The minimum Gasteiger partial charge on any atom is -0.496 e. The standard InChI is InChI=1S/C19H21BrO5.C16H16N2O3/c1-10-9-14(23-4)18(24-5)19(25-6)15(10)17(21)16-11(2)12(20)7-8-13(16)22-3;1-17-16(19)15(18-20-2)13-10-6-7-11-14(13)21-12-8-4-3-5-9-12/h7-9H,1-6H3;3-11H,1-2H3,(H,17,19)/b;18-15+. The number of ether oxygens (including phenoxy) is 5. The molecule has 0 fully saturated rings. The van der Waals surface area contributed by atoms with Crippen molar-refractivity contribution in [2.24, 2.45) is 5.16 Å². The van der Waals surface area contributed by atoms with Crippen molar-refractivity contribution in [3.05, 3.63) is 105 Å². The van der Waals surface area contributed by atoms with Crippen molar-refractivity contribution in [2.75, 3.05) is 42.6 Å². The van der Waals surface area contributed by atoms with E-state index in [4.69, 9.17) is 28.5 Å². The number of likely N-dealkylation sites (N-methyl/N-ethyl adjacent to an activating group) is 1. The lowest BCUT2D eigenvalue weighted by molar-refractivity contribution is -0.114. The third kappa shape index (κ3) is 7.97. The number of carbonyl (C=O) groups excluding carboxylic acids is 2. The van der Waals surface area contributed by atoms with E-state index in [-0.39, 0.29) is 17.4 Å². The van der Waals surface area contributed by atoms with Gasteiger partial charge in [0.2, 0.25) is 11.5 Å². The van der Waals surface area contributed by atoms with Crippen LogP contribution in [-0.4, -0.2) is 60.0 Å². The highest BCUT2D eigenvalue weighted by molar-refractivity contribution is 9.10. The maximum absolute atomic E-state index is 13.4. The van der Waals surface area contributed by atoms with Gasteiger partial charge in [0.1, 0.15) is 24.4 Å². The summed E-state index contributed by atoms with van der Waals surface area (Å²) in [6.07, 6.45) is 0. The minimum atomic E-state index is -0.346. The van der Waals surface area contributed by atoms with E-state index in [9.17, 15) is 9.59 Å². The van der Waals surface area contributed by atoms with E-state index < -0.39 is 0 Å². The summed E-state index contributed by atoms with van der Waals surface area (Å²) in [5, 5.41) is 6.33. The Morgan fingerprint density at radius 3 is 1.93 bits per heavy atom. The van der Waals surface area contributed by atoms with Gasteiger partial charge >= 0.3 is 0 Å². The Morgan fingerprint density at radius 1 is 0.717 bits per heavy atom. The Kier molecular flexibility index (Phi) is 13.0. The molecule has 0 spiro atoms. The number of benzene rings is 4. The number of para-hydroxylation sites is 2. The van der Waals surface area contributed by atoms with Gasteiger partial charge in [0.15, 0.2) is 17.2 Å². The summed E-state index contributed by atoms with van der Waals surface area (Å²) in [4.78, 5) is 30.1. The predicted molar refractivity (Wildman–Crippen MR) is 180 cm³/mol. The molecule has 1 N–H and O–H groups in total. The first-order valence-corrected chi connectivity index (χ1v) is 14.8. The highest BCUT2D eigenvalue weighted by Gasteiger charge is 2.28. The minimum absolute atomic E-state index is 0.159. The zero-order valence-electron chi connectivity index (χ0n) is 27.0. The van der Waals surface area contributed by atoms with Crippen molar-refractivity contribution in [3.63, 3.8) is 0 Å². The zero-order valence-corrected chi connectivity index (χ0v) is 28.6. The highest BCUT2D eigenvalue weighted by atomic mass is 79.9. The number of hydrogen-bond acceptors (Lipinski definition) is 9. The normalized spacial score (nSPS) is 10.6. The van der Waals surface area contributed by atoms with Crippen LogP contribution in [0, 0.1) is 13.8 Å². The van der Waals surface area contributed by atoms with Crippen LogP contribution in [0.1, 0.15) is 32.6 Å². The molecule has 11 heteroatoms. The van der Waals surface area contributed by atoms with Gasteiger partial charge < -0.3 is 33.8 Å². The topological polar surface area (TPSA) is 114 Å². The van der Waals surface area contributed by atoms with Crippen molar-refractivity contribution in [1.29, 1.82) is 0 Å². The van der Waals surface area contributed by atoms with Crippen LogP contribution in [0.4, 0.5) is 0 Å². The lowest BCUT2D eigenvalue weighted by Crippen LogP contribution is -2.28. The number of carbonyl (C=O) groups is 2. The third-order valence-electron chi connectivity index (χ3n) is 6.80. The molecule has 0 atom stereocenters.